The van der Waals surface area contributed by atoms with Crippen LogP contribution in [0.25, 0.3) is 0 Å². The normalized spacial score (nSPS) is 16.8. The molecule has 0 saturated heterocycles. The van der Waals surface area contributed by atoms with E-state index in [-0.39, 0.29) is 17.5 Å². The summed E-state index contributed by atoms with van der Waals surface area (Å²) >= 11 is 6.13. The smallest absolute Gasteiger partial charge is 0.158 e. The molecular weight excluding hydrogens is 357 g/mol. The lowest BCUT2D eigenvalue weighted by atomic mass is 9.85. The standard InChI is InChI=1S/C20H19ClFNO3/c1-25-19-11-18(20(26-2)10-17(19)21)23-15-7-13(8-16(24)9-15)12-3-5-14(22)6-4-12/h3-6,9-11,13,23H,7-8H2,1-2H3/t13-/m0/s1. The molecule has 1 aliphatic rings. The van der Waals surface area contributed by atoms with Crippen molar-refractivity contribution < 1.29 is 18.7 Å². The minimum atomic E-state index is -0.289. The summed E-state index contributed by atoms with van der Waals surface area (Å²) in [5.74, 6) is 0.785. The summed E-state index contributed by atoms with van der Waals surface area (Å²) in [7, 11) is 3.08. The van der Waals surface area contributed by atoms with E-state index < -0.39 is 0 Å². The first-order chi connectivity index (χ1) is 12.5. The Kier molecular flexibility index (Phi) is 5.47. The van der Waals surface area contributed by atoms with Gasteiger partial charge in [0.15, 0.2) is 5.78 Å². The van der Waals surface area contributed by atoms with E-state index >= 15 is 0 Å². The number of carbonyl (C=O) groups is 1. The first kappa shape index (κ1) is 18.3. The molecule has 0 amide bonds. The third-order valence-electron chi connectivity index (χ3n) is 4.36. The van der Waals surface area contributed by atoms with Gasteiger partial charge in [0.25, 0.3) is 0 Å². The van der Waals surface area contributed by atoms with Crippen molar-refractivity contribution in [2.24, 2.45) is 0 Å². The van der Waals surface area contributed by atoms with Gasteiger partial charge in [-0.1, -0.05) is 23.7 Å². The van der Waals surface area contributed by atoms with Crippen molar-refractivity contribution in [1.82, 2.24) is 0 Å². The fourth-order valence-electron chi connectivity index (χ4n) is 3.08. The molecule has 0 aliphatic heterocycles. The number of rotatable bonds is 5. The summed E-state index contributed by atoms with van der Waals surface area (Å²) in [6.45, 7) is 0. The Bertz CT molecular complexity index is 849. The van der Waals surface area contributed by atoms with E-state index in [0.29, 0.717) is 35.1 Å². The molecule has 0 spiro atoms. The number of hydrogen-bond donors (Lipinski definition) is 1. The maximum absolute atomic E-state index is 13.2. The Morgan fingerprint density at radius 3 is 2.42 bits per heavy atom. The van der Waals surface area contributed by atoms with Gasteiger partial charge in [0.1, 0.15) is 17.3 Å². The zero-order valence-electron chi connectivity index (χ0n) is 14.5. The molecule has 0 radical (unpaired) electrons. The number of anilines is 1. The van der Waals surface area contributed by atoms with Crippen LogP contribution in [0.1, 0.15) is 24.3 Å². The van der Waals surface area contributed by atoms with Crippen LogP contribution in [-0.2, 0) is 4.79 Å². The lowest BCUT2D eigenvalue weighted by Crippen LogP contribution is -2.17. The van der Waals surface area contributed by atoms with Crippen molar-refractivity contribution in [2.75, 3.05) is 19.5 Å². The van der Waals surface area contributed by atoms with Crippen LogP contribution in [0.5, 0.6) is 11.5 Å². The average Bonchev–Trinajstić information content (AvgIpc) is 2.63. The van der Waals surface area contributed by atoms with Crippen molar-refractivity contribution in [2.45, 2.75) is 18.8 Å². The number of methoxy groups -OCH3 is 2. The van der Waals surface area contributed by atoms with Crippen molar-refractivity contribution in [3.8, 4) is 11.5 Å². The van der Waals surface area contributed by atoms with Crippen LogP contribution in [0.4, 0.5) is 10.1 Å². The van der Waals surface area contributed by atoms with Gasteiger partial charge in [0, 0.05) is 30.3 Å². The second kappa shape index (κ2) is 7.79. The molecule has 0 bridgehead atoms. The lowest BCUT2D eigenvalue weighted by molar-refractivity contribution is -0.115. The van der Waals surface area contributed by atoms with Gasteiger partial charge in [-0.05, 0) is 30.0 Å². The first-order valence-electron chi connectivity index (χ1n) is 8.17. The van der Waals surface area contributed by atoms with Crippen LogP contribution in [0.2, 0.25) is 5.02 Å². The number of nitrogens with one attached hydrogen (secondary N) is 1. The van der Waals surface area contributed by atoms with E-state index in [0.717, 1.165) is 11.3 Å². The van der Waals surface area contributed by atoms with Gasteiger partial charge < -0.3 is 14.8 Å². The summed E-state index contributed by atoms with van der Waals surface area (Å²) in [6, 6.07) is 9.67. The van der Waals surface area contributed by atoms with E-state index in [1.54, 1.807) is 37.5 Å². The van der Waals surface area contributed by atoms with Gasteiger partial charge in [-0.2, -0.15) is 0 Å². The number of carbonyl (C=O) groups excluding carboxylic acids is 1. The molecule has 6 heteroatoms. The number of benzene rings is 2. The number of ether oxygens (including phenoxy) is 2. The lowest BCUT2D eigenvalue weighted by Gasteiger charge is -2.24. The molecule has 4 nitrogen and oxygen atoms in total. The van der Waals surface area contributed by atoms with E-state index in [1.165, 1.54) is 19.2 Å². The molecule has 3 rings (SSSR count). The number of hydrogen-bond acceptors (Lipinski definition) is 4. The largest absolute Gasteiger partial charge is 0.495 e. The van der Waals surface area contributed by atoms with Crippen LogP contribution >= 0.6 is 11.6 Å². The van der Waals surface area contributed by atoms with Gasteiger partial charge in [-0.25, -0.2) is 4.39 Å². The van der Waals surface area contributed by atoms with Crippen molar-refractivity contribution in [3.63, 3.8) is 0 Å². The highest BCUT2D eigenvalue weighted by molar-refractivity contribution is 6.32. The average molecular weight is 376 g/mol. The molecule has 0 saturated carbocycles. The molecule has 1 atom stereocenters. The van der Waals surface area contributed by atoms with Crippen LogP contribution in [0.3, 0.4) is 0 Å². The third-order valence-corrected chi connectivity index (χ3v) is 4.66. The monoisotopic (exact) mass is 375 g/mol. The summed E-state index contributed by atoms with van der Waals surface area (Å²) < 4.78 is 23.8. The quantitative estimate of drug-likeness (QED) is 0.804. The number of halogens is 2. The summed E-state index contributed by atoms with van der Waals surface area (Å²) in [5, 5.41) is 3.68. The Hall–Kier alpha value is -2.53. The molecule has 2 aromatic carbocycles. The maximum Gasteiger partial charge on any atom is 0.158 e. The van der Waals surface area contributed by atoms with E-state index in [9.17, 15) is 9.18 Å². The molecule has 1 aliphatic carbocycles. The minimum Gasteiger partial charge on any atom is -0.495 e. The van der Waals surface area contributed by atoms with Crippen LogP contribution in [0, 0.1) is 5.82 Å². The second-order valence-corrected chi connectivity index (χ2v) is 6.51. The Morgan fingerprint density at radius 2 is 1.77 bits per heavy atom. The number of allylic oxidation sites excluding steroid dienone is 2. The zero-order valence-corrected chi connectivity index (χ0v) is 15.3. The fourth-order valence-corrected chi connectivity index (χ4v) is 3.31. The summed E-state index contributed by atoms with van der Waals surface area (Å²) in [6.07, 6.45) is 2.63. The molecular formula is C20H19ClFNO3. The fraction of sp³-hybridized carbons (Fsp3) is 0.250. The maximum atomic E-state index is 13.2. The van der Waals surface area contributed by atoms with E-state index in [4.69, 9.17) is 21.1 Å². The van der Waals surface area contributed by atoms with E-state index in [1.807, 2.05) is 0 Å². The zero-order chi connectivity index (χ0) is 18.7. The second-order valence-electron chi connectivity index (χ2n) is 6.10. The molecule has 1 N–H and O–H groups in total. The van der Waals surface area contributed by atoms with Gasteiger partial charge in [0.2, 0.25) is 0 Å². The highest BCUT2D eigenvalue weighted by Crippen LogP contribution is 2.38. The first-order valence-corrected chi connectivity index (χ1v) is 8.55. The predicted octanol–water partition coefficient (Wildman–Crippen LogP) is 4.94. The van der Waals surface area contributed by atoms with Crippen molar-refractivity contribution in [3.05, 3.63) is 64.6 Å². The van der Waals surface area contributed by atoms with E-state index in [2.05, 4.69) is 5.32 Å². The van der Waals surface area contributed by atoms with Gasteiger partial charge in [0.05, 0.1) is 24.9 Å². The van der Waals surface area contributed by atoms with Gasteiger partial charge in [-0.3, -0.25) is 4.79 Å². The highest BCUT2D eigenvalue weighted by Gasteiger charge is 2.23. The molecule has 136 valence electrons. The van der Waals surface area contributed by atoms with Crippen molar-refractivity contribution >= 4 is 23.1 Å². The predicted molar refractivity (Wildman–Crippen MR) is 99.6 cm³/mol. The van der Waals surface area contributed by atoms with Gasteiger partial charge in [-0.15, -0.1) is 0 Å². The minimum absolute atomic E-state index is 0.00390. The third kappa shape index (κ3) is 3.99. The van der Waals surface area contributed by atoms with Crippen LogP contribution < -0.4 is 14.8 Å². The SMILES string of the molecule is COc1cc(NC2=CC(=O)C[C@@H](c3ccc(F)cc3)C2)c(OC)cc1Cl. The molecule has 0 heterocycles. The molecule has 0 fully saturated rings. The summed E-state index contributed by atoms with van der Waals surface area (Å²) in [5.41, 5.74) is 2.36. The highest BCUT2D eigenvalue weighted by atomic mass is 35.5. The summed E-state index contributed by atoms with van der Waals surface area (Å²) in [4.78, 5) is 12.2. The Balaban J connectivity index is 1.85. The van der Waals surface area contributed by atoms with Crippen LogP contribution in [0.15, 0.2) is 48.2 Å². The van der Waals surface area contributed by atoms with Crippen LogP contribution in [-0.4, -0.2) is 20.0 Å². The Labute approximate surface area is 156 Å². The molecule has 2 aromatic rings. The molecule has 0 unspecified atom stereocenters. The van der Waals surface area contributed by atoms with Gasteiger partial charge >= 0.3 is 0 Å². The molecule has 26 heavy (non-hydrogen) atoms. The van der Waals surface area contributed by atoms with Crippen molar-refractivity contribution in [1.29, 1.82) is 0 Å². The Morgan fingerprint density at radius 1 is 1.08 bits per heavy atom. The topological polar surface area (TPSA) is 47.6 Å². The number of ketones is 1. The molecule has 0 aromatic heterocycles.